The van der Waals surface area contributed by atoms with Crippen molar-refractivity contribution in [2.24, 2.45) is 5.92 Å². The van der Waals surface area contributed by atoms with Gasteiger partial charge in [-0.15, -0.1) is 0 Å². The van der Waals surface area contributed by atoms with Crippen LogP contribution in [0.15, 0.2) is 29.2 Å². The zero-order valence-corrected chi connectivity index (χ0v) is 14.2. The molecule has 1 aromatic carbocycles. The predicted molar refractivity (Wildman–Crippen MR) is 85.4 cm³/mol. The minimum absolute atomic E-state index is 0.0841. The molecule has 2 unspecified atom stereocenters. The van der Waals surface area contributed by atoms with Crippen molar-refractivity contribution in [3.05, 3.63) is 29.8 Å². The van der Waals surface area contributed by atoms with Crippen LogP contribution in [0.1, 0.15) is 44.6 Å². The van der Waals surface area contributed by atoms with Crippen LogP contribution in [-0.2, 0) is 15.4 Å². The Hall–Kier alpha value is -0.390. The van der Waals surface area contributed by atoms with Gasteiger partial charge < -0.3 is 0 Å². The lowest BCUT2D eigenvalue weighted by molar-refractivity contribution is 0.484. The molecule has 0 spiro atoms. The molecule has 3 nitrogen and oxygen atoms in total. The predicted octanol–water partition coefficient (Wildman–Crippen LogP) is 3.83. The quantitative estimate of drug-likeness (QED) is 0.655. The average molecular weight is 360 g/mol. The number of nitrogens with one attached hydrogen (secondary N) is 1. The lowest BCUT2D eigenvalue weighted by Gasteiger charge is -2.16. The summed E-state index contributed by atoms with van der Waals surface area (Å²) in [6.45, 7) is 2.25. The minimum atomic E-state index is -3.38. The third kappa shape index (κ3) is 4.30. The molecule has 1 aromatic rings. The van der Waals surface area contributed by atoms with Crippen LogP contribution < -0.4 is 4.72 Å². The Morgan fingerprint density at radius 1 is 1.15 bits per heavy atom. The molecule has 0 aromatic heterocycles. The van der Waals surface area contributed by atoms with Gasteiger partial charge >= 0.3 is 0 Å². The molecule has 0 radical (unpaired) electrons. The average Bonchev–Trinajstić information content (AvgIpc) is 2.63. The summed E-state index contributed by atoms with van der Waals surface area (Å²) in [5.41, 5.74) is 1.08. The number of hydrogen-bond acceptors (Lipinski definition) is 2. The van der Waals surface area contributed by atoms with Crippen molar-refractivity contribution >= 4 is 26.0 Å². The van der Waals surface area contributed by atoms with Crippen LogP contribution in [0.25, 0.3) is 0 Å². The van der Waals surface area contributed by atoms with Crippen LogP contribution in [0.2, 0.25) is 0 Å². The largest absolute Gasteiger partial charge is 0.240 e. The Morgan fingerprint density at radius 2 is 1.85 bits per heavy atom. The third-order valence-corrected chi connectivity index (χ3v) is 6.15. The molecular formula is C15H22BrNO2S. The molecule has 1 aliphatic rings. The highest BCUT2D eigenvalue weighted by atomic mass is 79.9. The standard InChI is InChI=1S/C15H22BrNO2S/c1-12-3-2-4-14(8-5-12)17-20(18,19)15-9-6-13(11-16)7-10-15/h6-7,9-10,12,14,17H,2-5,8,11H2,1H3. The Morgan fingerprint density at radius 3 is 2.50 bits per heavy atom. The van der Waals surface area contributed by atoms with Crippen molar-refractivity contribution in [1.29, 1.82) is 0 Å². The number of halogens is 1. The molecule has 0 aliphatic heterocycles. The van der Waals surface area contributed by atoms with Crippen molar-refractivity contribution in [3.8, 4) is 0 Å². The van der Waals surface area contributed by atoms with Gasteiger partial charge in [0.05, 0.1) is 4.90 Å². The van der Waals surface area contributed by atoms with E-state index in [0.29, 0.717) is 10.8 Å². The highest BCUT2D eigenvalue weighted by Gasteiger charge is 2.22. The minimum Gasteiger partial charge on any atom is -0.208 e. The number of alkyl halides is 1. The summed E-state index contributed by atoms with van der Waals surface area (Å²) in [5, 5.41) is 0.737. The molecule has 0 heterocycles. The van der Waals surface area contributed by atoms with E-state index in [2.05, 4.69) is 27.6 Å². The summed E-state index contributed by atoms with van der Waals surface area (Å²) in [4.78, 5) is 0.361. The van der Waals surface area contributed by atoms with Crippen molar-refractivity contribution in [2.45, 2.75) is 55.3 Å². The Labute approximate surface area is 130 Å². The smallest absolute Gasteiger partial charge is 0.208 e. The molecule has 20 heavy (non-hydrogen) atoms. The summed E-state index contributed by atoms with van der Waals surface area (Å²) < 4.78 is 27.6. The normalized spacial score (nSPS) is 24.3. The summed E-state index contributed by atoms with van der Waals surface area (Å²) in [7, 11) is -3.38. The Kier molecular flexibility index (Phi) is 5.64. The van der Waals surface area contributed by atoms with Gasteiger partial charge in [0.1, 0.15) is 0 Å². The summed E-state index contributed by atoms with van der Waals surface area (Å²) >= 11 is 3.36. The zero-order chi connectivity index (χ0) is 14.6. The monoisotopic (exact) mass is 359 g/mol. The third-order valence-electron chi connectivity index (χ3n) is 3.97. The van der Waals surface area contributed by atoms with E-state index in [9.17, 15) is 8.42 Å². The molecule has 1 aliphatic carbocycles. The maximum Gasteiger partial charge on any atom is 0.240 e. The number of sulfonamides is 1. The van der Waals surface area contributed by atoms with Gasteiger partial charge in [-0.1, -0.05) is 47.8 Å². The van der Waals surface area contributed by atoms with E-state index in [1.165, 1.54) is 6.42 Å². The van der Waals surface area contributed by atoms with E-state index in [0.717, 1.165) is 36.6 Å². The van der Waals surface area contributed by atoms with Crippen LogP contribution in [0, 0.1) is 5.92 Å². The Balaban J connectivity index is 2.05. The second kappa shape index (κ2) is 7.05. The molecule has 0 saturated heterocycles. The van der Waals surface area contributed by atoms with E-state index < -0.39 is 10.0 Å². The first kappa shape index (κ1) is 16.0. The van der Waals surface area contributed by atoms with E-state index >= 15 is 0 Å². The Bertz CT molecular complexity index is 527. The van der Waals surface area contributed by atoms with Crippen LogP contribution in [0.4, 0.5) is 0 Å². The van der Waals surface area contributed by atoms with Gasteiger partial charge in [-0.05, 0) is 42.9 Å². The molecule has 2 atom stereocenters. The molecule has 1 fully saturated rings. The first-order chi connectivity index (χ1) is 9.51. The van der Waals surface area contributed by atoms with E-state index in [1.54, 1.807) is 12.1 Å². The molecule has 5 heteroatoms. The summed E-state index contributed by atoms with van der Waals surface area (Å²) in [6, 6.07) is 7.13. The highest BCUT2D eigenvalue weighted by molar-refractivity contribution is 9.08. The van der Waals surface area contributed by atoms with Crippen molar-refractivity contribution in [1.82, 2.24) is 4.72 Å². The summed E-state index contributed by atoms with van der Waals surface area (Å²) in [5.74, 6) is 0.711. The van der Waals surface area contributed by atoms with Crippen molar-refractivity contribution in [3.63, 3.8) is 0 Å². The molecule has 1 saturated carbocycles. The fraction of sp³-hybridized carbons (Fsp3) is 0.600. The highest BCUT2D eigenvalue weighted by Crippen LogP contribution is 2.24. The summed E-state index contributed by atoms with van der Waals surface area (Å²) in [6.07, 6.45) is 5.31. The topological polar surface area (TPSA) is 46.2 Å². The number of hydrogen-bond donors (Lipinski definition) is 1. The molecule has 112 valence electrons. The lowest BCUT2D eigenvalue weighted by Crippen LogP contribution is -2.34. The SMILES string of the molecule is CC1CCCC(NS(=O)(=O)c2ccc(CBr)cc2)CC1. The van der Waals surface area contributed by atoms with Crippen molar-refractivity contribution < 1.29 is 8.42 Å². The first-order valence-electron chi connectivity index (χ1n) is 7.18. The lowest BCUT2D eigenvalue weighted by atomic mass is 10.0. The zero-order valence-electron chi connectivity index (χ0n) is 11.8. The van der Waals surface area contributed by atoms with Gasteiger partial charge in [-0.3, -0.25) is 0 Å². The van der Waals surface area contributed by atoms with Gasteiger partial charge in [-0.2, -0.15) is 0 Å². The van der Waals surface area contributed by atoms with E-state index in [1.807, 2.05) is 12.1 Å². The van der Waals surface area contributed by atoms with Crippen LogP contribution in [-0.4, -0.2) is 14.5 Å². The molecule has 2 rings (SSSR count). The fourth-order valence-electron chi connectivity index (χ4n) is 2.65. The first-order valence-corrected chi connectivity index (χ1v) is 9.79. The maximum absolute atomic E-state index is 12.4. The van der Waals surface area contributed by atoms with Gasteiger partial charge in [-0.25, -0.2) is 13.1 Å². The molecule has 0 amide bonds. The van der Waals surface area contributed by atoms with E-state index in [4.69, 9.17) is 0 Å². The fourth-order valence-corrected chi connectivity index (χ4v) is 4.33. The number of rotatable bonds is 4. The van der Waals surface area contributed by atoms with Crippen LogP contribution >= 0.6 is 15.9 Å². The van der Waals surface area contributed by atoms with E-state index in [-0.39, 0.29) is 6.04 Å². The van der Waals surface area contributed by atoms with Crippen LogP contribution in [0.5, 0.6) is 0 Å². The molecular weight excluding hydrogens is 338 g/mol. The second-order valence-corrected chi connectivity index (χ2v) is 7.98. The van der Waals surface area contributed by atoms with Gasteiger partial charge in [0.2, 0.25) is 10.0 Å². The maximum atomic E-state index is 12.4. The van der Waals surface area contributed by atoms with Crippen molar-refractivity contribution in [2.75, 3.05) is 0 Å². The van der Waals surface area contributed by atoms with Gasteiger partial charge in [0, 0.05) is 11.4 Å². The van der Waals surface area contributed by atoms with Crippen LogP contribution in [0.3, 0.4) is 0 Å². The van der Waals surface area contributed by atoms with Gasteiger partial charge in [0.25, 0.3) is 0 Å². The molecule has 1 N–H and O–H groups in total. The van der Waals surface area contributed by atoms with Gasteiger partial charge in [0.15, 0.2) is 0 Å². The second-order valence-electron chi connectivity index (χ2n) is 5.71. The number of benzene rings is 1. The molecule has 0 bridgehead atoms.